The Morgan fingerprint density at radius 1 is 1.33 bits per heavy atom. The van der Waals surface area contributed by atoms with Gasteiger partial charge in [0.1, 0.15) is 21.7 Å². The maximum atomic E-state index is 12.7. The Morgan fingerprint density at radius 2 is 2.05 bits per heavy atom. The molecule has 2 aromatic rings. The molecule has 6 heteroatoms. The van der Waals surface area contributed by atoms with Gasteiger partial charge in [-0.1, -0.05) is 6.92 Å². The summed E-state index contributed by atoms with van der Waals surface area (Å²) in [5.41, 5.74) is 1.88. The lowest BCUT2D eigenvalue weighted by molar-refractivity contribution is 0.102. The Kier molecular flexibility index (Phi) is 4.67. The molecule has 0 bridgehead atoms. The Balaban J connectivity index is 2.52. The summed E-state index contributed by atoms with van der Waals surface area (Å²) in [7, 11) is 4.85. The van der Waals surface area contributed by atoms with E-state index in [1.165, 1.54) is 7.11 Å². The Labute approximate surface area is 132 Å². The number of rotatable bonds is 5. The van der Waals surface area contributed by atoms with Crippen molar-refractivity contribution in [3.8, 4) is 11.5 Å². The van der Waals surface area contributed by atoms with Gasteiger partial charge < -0.3 is 9.47 Å². The first kappa shape index (κ1) is 15.6. The van der Waals surface area contributed by atoms with Crippen molar-refractivity contribution in [3.63, 3.8) is 0 Å². The van der Waals surface area contributed by atoms with Gasteiger partial charge in [-0.2, -0.15) is 5.10 Å². The zero-order chi connectivity index (χ0) is 15.6. The lowest BCUT2D eigenvalue weighted by Crippen LogP contribution is -2.10. The normalized spacial score (nSPS) is 10.5. The molecule has 0 saturated heterocycles. The number of aryl methyl sites for hydroxylation is 2. The van der Waals surface area contributed by atoms with E-state index >= 15 is 0 Å². The highest BCUT2D eigenvalue weighted by atomic mass is 79.9. The van der Waals surface area contributed by atoms with E-state index in [1.54, 1.807) is 37.0 Å². The minimum absolute atomic E-state index is 0.134. The van der Waals surface area contributed by atoms with Crippen molar-refractivity contribution in [2.45, 2.75) is 13.3 Å². The second-order valence-electron chi connectivity index (χ2n) is 4.49. The maximum absolute atomic E-state index is 12.7. The maximum Gasteiger partial charge on any atom is 0.214 e. The summed E-state index contributed by atoms with van der Waals surface area (Å²) < 4.78 is 12.8. The topological polar surface area (TPSA) is 53.4 Å². The van der Waals surface area contributed by atoms with Gasteiger partial charge in [0.2, 0.25) is 5.78 Å². The number of carbonyl (C=O) groups excluding carboxylic acids is 1. The average molecular weight is 353 g/mol. The molecule has 1 aromatic heterocycles. The third kappa shape index (κ3) is 2.81. The smallest absolute Gasteiger partial charge is 0.214 e. The zero-order valence-corrected chi connectivity index (χ0v) is 14.0. The lowest BCUT2D eigenvalue weighted by Gasteiger charge is -2.12. The summed E-state index contributed by atoms with van der Waals surface area (Å²) in [6.07, 6.45) is 0.782. The van der Waals surface area contributed by atoms with E-state index < -0.39 is 0 Å². The highest BCUT2D eigenvalue weighted by Gasteiger charge is 2.22. The molecule has 2 rings (SSSR count). The molecule has 0 N–H and O–H groups in total. The van der Waals surface area contributed by atoms with Crippen LogP contribution in [0.1, 0.15) is 28.7 Å². The number of hydrogen-bond acceptors (Lipinski definition) is 4. The number of aromatic nitrogens is 2. The SMILES string of the molecule is CCc1cc(C(=O)c2ccc(OC)c(Br)c2OC)n(C)n1. The second kappa shape index (κ2) is 6.30. The van der Waals surface area contributed by atoms with E-state index in [9.17, 15) is 4.79 Å². The first-order valence-electron chi connectivity index (χ1n) is 6.51. The number of ketones is 1. The highest BCUT2D eigenvalue weighted by molar-refractivity contribution is 9.10. The molecule has 112 valence electrons. The van der Waals surface area contributed by atoms with Gasteiger partial charge >= 0.3 is 0 Å². The van der Waals surface area contributed by atoms with Crippen molar-refractivity contribution in [1.29, 1.82) is 0 Å². The Morgan fingerprint density at radius 3 is 2.57 bits per heavy atom. The fraction of sp³-hybridized carbons (Fsp3) is 0.333. The molecule has 0 saturated carbocycles. The van der Waals surface area contributed by atoms with Crippen LogP contribution in [0, 0.1) is 0 Å². The van der Waals surface area contributed by atoms with Crippen molar-refractivity contribution < 1.29 is 14.3 Å². The largest absolute Gasteiger partial charge is 0.495 e. The minimum Gasteiger partial charge on any atom is -0.495 e. The molecule has 0 spiro atoms. The van der Waals surface area contributed by atoms with Crippen LogP contribution in [0.4, 0.5) is 0 Å². The van der Waals surface area contributed by atoms with Crippen molar-refractivity contribution in [2.75, 3.05) is 14.2 Å². The zero-order valence-electron chi connectivity index (χ0n) is 12.4. The van der Waals surface area contributed by atoms with Crippen molar-refractivity contribution >= 4 is 21.7 Å². The summed E-state index contributed by atoms with van der Waals surface area (Å²) in [6.45, 7) is 2.00. The molecule has 0 aliphatic rings. The minimum atomic E-state index is -0.134. The fourth-order valence-corrected chi connectivity index (χ4v) is 2.79. The van der Waals surface area contributed by atoms with Crippen LogP contribution in [-0.2, 0) is 13.5 Å². The summed E-state index contributed by atoms with van der Waals surface area (Å²) >= 11 is 3.41. The van der Waals surface area contributed by atoms with Crippen molar-refractivity contribution in [2.24, 2.45) is 7.05 Å². The molecular formula is C15H17BrN2O3. The second-order valence-corrected chi connectivity index (χ2v) is 5.28. The van der Waals surface area contributed by atoms with Gasteiger partial charge in [-0.15, -0.1) is 0 Å². The summed E-state index contributed by atoms with van der Waals surface area (Å²) in [6, 6.07) is 5.24. The van der Waals surface area contributed by atoms with E-state index in [0.717, 1.165) is 12.1 Å². The van der Waals surface area contributed by atoms with Crippen LogP contribution in [0.2, 0.25) is 0 Å². The van der Waals surface area contributed by atoms with Gasteiger partial charge in [0.05, 0.1) is 25.5 Å². The predicted molar refractivity (Wildman–Crippen MR) is 83.3 cm³/mol. The van der Waals surface area contributed by atoms with Crippen molar-refractivity contribution in [1.82, 2.24) is 9.78 Å². The number of benzene rings is 1. The highest BCUT2D eigenvalue weighted by Crippen LogP contribution is 2.38. The average Bonchev–Trinajstić information content (AvgIpc) is 2.87. The van der Waals surface area contributed by atoms with Crippen LogP contribution >= 0.6 is 15.9 Å². The molecule has 0 fully saturated rings. The first-order valence-corrected chi connectivity index (χ1v) is 7.30. The fourth-order valence-electron chi connectivity index (χ4n) is 2.12. The lowest BCUT2D eigenvalue weighted by atomic mass is 10.1. The third-order valence-corrected chi connectivity index (χ3v) is 4.01. The van der Waals surface area contributed by atoms with Crippen LogP contribution in [-0.4, -0.2) is 29.8 Å². The molecule has 0 amide bonds. The van der Waals surface area contributed by atoms with Crippen LogP contribution < -0.4 is 9.47 Å². The molecule has 1 aromatic carbocycles. The summed E-state index contributed by atoms with van der Waals surface area (Å²) in [5.74, 6) is 0.936. The van der Waals surface area contributed by atoms with Crippen LogP contribution in [0.25, 0.3) is 0 Å². The number of ether oxygens (including phenoxy) is 2. The standard InChI is InChI=1S/C15H17BrN2O3/c1-5-9-8-11(18(2)17-9)14(19)10-6-7-12(20-3)13(16)15(10)21-4/h6-8H,5H2,1-4H3. The Bertz CT molecular complexity index is 680. The van der Waals surface area contributed by atoms with E-state index in [1.807, 2.05) is 6.92 Å². The monoisotopic (exact) mass is 352 g/mol. The molecule has 21 heavy (non-hydrogen) atoms. The number of carbonyl (C=O) groups is 1. The van der Waals surface area contributed by atoms with E-state index in [0.29, 0.717) is 27.2 Å². The summed E-state index contributed by atoms with van der Waals surface area (Å²) in [4.78, 5) is 12.7. The molecule has 0 unspecified atom stereocenters. The summed E-state index contributed by atoms with van der Waals surface area (Å²) in [5, 5.41) is 4.31. The van der Waals surface area contributed by atoms with Crippen LogP contribution in [0.15, 0.2) is 22.7 Å². The predicted octanol–water partition coefficient (Wildman–Crippen LogP) is 2.99. The van der Waals surface area contributed by atoms with E-state index in [-0.39, 0.29) is 5.78 Å². The van der Waals surface area contributed by atoms with Crippen LogP contribution in [0.3, 0.4) is 0 Å². The number of nitrogens with zero attached hydrogens (tertiary/aromatic N) is 2. The number of halogens is 1. The van der Waals surface area contributed by atoms with Gasteiger partial charge in [-0.05, 0) is 40.5 Å². The molecule has 1 heterocycles. The Hall–Kier alpha value is -1.82. The van der Waals surface area contributed by atoms with Gasteiger partial charge in [-0.25, -0.2) is 0 Å². The van der Waals surface area contributed by atoms with E-state index in [2.05, 4.69) is 21.0 Å². The molecule has 0 radical (unpaired) electrons. The van der Waals surface area contributed by atoms with Gasteiger partial charge in [0, 0.05) is 7.05 Å². The van der Waals surface area contributed by atoms with E-state index in [4.69, 9.17) is 9.47 Å². The van der Waals surface area contributed by atoms with Gasteiger partial charge in [0.15, 0.2) is 0 Å². The quantitative estimate of drug-likeness (QED) is 0.776. The molecule has 0 aliphatic heterocycles. The van der Waals surface area contributed by atoms with Crippen LogP contribution in [0.5, 0.6) is 11.5 Å². The van der Waals surface area contributed by atoms with Crippen molar-refractivity contribution in [3.05, 3.63) is 39.6 Å². The molecule has 5 nitrogen and oxygen atoms in total. The van der Waals surface area contributed by atoms with Gasteiger partial charge in [0.25, 0.3) is 0 Å². The molecule has 0 aliphatic carbocycles. The number of methoxy groups -OCH3 is 2. The number of hydrogen-bond donors (Lipinski definition) is 0. The van der Waals surface area contributed by atoms with Gasteiger partial charge in [-0.3, -0.25) is 9.48 Å². The third-order valence-electron chi connectivity index (χ3n) is 3.26. The first-order chi connectivity index (χ1) is 10.0. The molecule has 0 atom stereocenters. The molecular weight excluding hydrogens is 336 g/mol.